The predicted octanol–water partition coefficient (Wildman–Crippen LogP) is 4.13. The molecular weight excluding hydrogens is 314 g/mol. The zero-order valence-electron chi connectivity index (χ0n) is 9.78. The molecule has 1 aromatic heterocycles. The van der Waals surface area contributed by atoms with Crippen molar-refractivity contribution in [2.45, 2.75) is 6.54 Å². The van der Waals surface area contributed by atoms with Crippen LogP contribution in [0.3, 0.4) is 0 Å². The molecule has 96 valence electrons. The van der Waals surface area contributed by atoms with Gasteiger partial charge >= 0.3 is 0 Å². The van der Waals surface area contributed by atoms with Crippen LogP contribution in [0.5, 0.6) is 0 Å². The number of hydrogen-bond acceptors (Lipinski definition) is 1. The molecule has 1 heterocycles. The summed E-state index contributed by atoms with van der Waals surface area (Å²) >= 11 is 3.44. The summed E-state index contributed by atoms with van der Waals surface area (Å²) in [6.07, 6.45) is 1.84. The molecule has 0 N–H and O–H groups in total. The Bertz CT molecular complexity index is 752. The lowest BCUT2D eigenvalue weighted by Crippen LogP contribution is -2.02. The van der Waals surface area contributed by atoms with E-state index in [2.05, 4.69) is 21.0 Å². The van der Waals surface area contributed by atoms with E-state index in [0.29, 0.717) is 5.56 Å². The highest BCUT2D eigenvalue weighted by Crippen LogP contribution is 2.23. The lowest BCUT2D eigenvalue weighted by molar-refractivity contribution is 0.559. The quantitative estimate of drug-likeness (QED) is 0.693. The maximum Gasteiger partial charge on any atom is 0.131 e. The van der Waals surface area contributed by atoms with Gasteiger partial charge in [0.15, 0.2) is 0 Å². The zero-order chi connectivity index (χ0) is 13.4. The molecule has 2 nitrogen and oxygen atoms in total. The molecule has 0 amide bonds. The van der Waals surface area contributed by atoms with Gasteiger partial charge in [0.1, 0.15) is 11.6 Å². The molecule has 0 unspecified atom stereocenters. The minimum absolute atomic E-state index is 0.271. The first-order valence-corrected chi connectivity index (χ1v) is 6.48. The summed E-state index contributed by atoms with van der Waals surface area (Å²) in [6, 6.07) is 9.27. The minimum atomic E-state index is -0.574. The number of aromatic nitrogens is 2. The van der Waals surface area contributed by atoms with Gasteiger partial charge in [-0.05, 0) is 18.2 Å². The molecule has 0 fully saturated rings. The molecule has 5 heteroatoms. The van der Waals surface area contributed by atoms with Crippen LogP contribution in [0.2, 0.25) is 0 Å². The van der Waals surface area contributed by atoms with Crippen LogP contribution in [-0.2, 0) is 6.54 Å². The Hall–Kier alpha value is -1.75. The van der Waals surface area contributed by atoms with E-state index >= 15 is 0 Å². The number of fused-ring (bicyclic) bond motifs is 1. The highest BCUT2D eigenvalue weighted by molar-refractivity contribution is 9.10. The molecule has 0 bridgehead atoms. The highest BCUT2D eigenvalue weighted by atomic mass is 79.9. The second kappa shape index (κ2) is 4.74. The van der Waals surface area contributed by atoms with Crippen LogP contribution in [0.4, 0.5) is 8.78 Å². The molecule has 0 saturated carbocycles. The first-order valence-electron chi connectivity index (χ1n) is 5.69. The molecular formula is C14H9BrF2N2. The maximum absolute atomic E-state index is 13.6. The van der Waals surface area contributed by atoms with Gasteiger partial charge in [0.05, 0.1) is 12.1 Å². The van der Waals surface area contributed by atoms with Gasteiger partial charge in [-0.15, -0.1) is 0 Å². The van der Waals surface area contributed by atoms with Crippen molar-refractivity contribution in [3.8, 4) is 0 Å². The average molecular weight is 323 g/mol. The Morgan fingerprint density at radius 2 is 2.00 bits per heavy atom. The number of hydrogen-bond donors (Lipinski definition) is 0. The third kappa shape index (κ3) is 2.38. The summed E-state index contributed by atoms with van der Waals surface area (Å²) in [5.41, 5.74) is 1.24. The van der Waals surface area contributed by atoms with E-state index in [0.717, 1.165) is 21.4 Å². The van der Waals surface area contributed by atoms with Crippen LogP contribution in [-0.4, -0.2) is 9.78 Å². The lowest BCUT2D eigenvalue weighted by Gasteiger charge is -2.03. The molecule has 0 aliphatic carbocycles. The van der Waals surface area contributed by atoms with E-state index in [-0.39, 0.29) is 6.54 Å². The summed E-state index contributed by atoms with van der Waals surface area (Å²) in [4.78, 5) is 0. The predicted molar refractivity (Wildman–Crippen MR) is 72.9 cm³/mol. The topological polar surface area (TPSA) is 17.8 Å². The molecule has 19 heavy (non-hydrogen) atoms. The van der Waals surface area contributed by atoms with Crippen LogP contribution in [0.15, 0.2) is 47.1 Å². The van der Waals surface area contributed by atoms with E-state index in [1.165, 1.54) is 12.1 Å². The summed E-state index contributed by atoms with van der Waals surface area (Å²) in [5, 5.41) is 5.32. The largest absolute Gasteiger partial charge is 0.267 e. The summed E-state index contributed by atoms with van der Waals surface area (Å²) in [5.74, 6) is -1.13. The zero-order valence-corrected chi connectivity index (χ0v) is 11.4. The Labute approximate surface area is 116 Å². The monoisotopic (exact) mass is 322 g/mol. The van der Waals surface area contributed by atoms with E-state index in [1.807, 2.05) is 24.4 Å². The van der Waals surface area contributed by atoms with Crippen molar-refractivity contribution in [1.29, 1.82) is 0 Å². The van der Waals surface area contributed by atoms with Crippen molar-refractivity contribution < 1.29 is 8.78 Å². The van der Waals surface area contributed by atoms with Crippen molar-refractivity contribution in [2.24, 2.45) is 0 Å². The summed E-state index contributed by atoms with van der Waals surface area (Å²) < 4.78 is 29.0. The molecule has 0 aliphatic rings. The van der Waals surface area contributed by atoms with Gasteiger partial charge in [0, 0.05) is 27.7 Å². The van der Waals surface area contributed by atoms with Gasteiger partial charge in [-0.1, -0.05) is 28.1 Å². The Kier molecular flexibility index (Phi) is 3.06. The fraction of sp³-hybridized carbons (Fsp3) is 0.0714. The van der Waals surface area contributed by atoms with Crippen molar-refractivity contribution in [3.05, 3.63) is 64.3 Å². The number of rotatable bonds is 2. The second-order valence-electron chi connectivity index (χ2n) is 4.24. The van der Waals surface area contributed by atoms with Gasteiger partial charge in [0.25, 0.3) is 0 Å². The Morgan fingerprint density at radius 1 is 1.16 bits per heavy atom. The van der Waals surface area contributed by atoms with Crippen molar-refractivity contribution in [3.63, 3.8) is 0 Å². The first kappa shape index (κ1) is 12.3. The molecule has 0 radical (unpaired) electrons. The molecule has 0 spiro atoms. The number of nitrogens with zero attached hydrogens (tertiary/aromatic N) is 2. The SMILES string of the molecule is Fc1ccc(Cn2cc3c(Br)cccc3n2)c(F)c1. The smallest absolute Gasteiger partial charge is 0.131 e. The fourth-order valence-corrected chi connectivity index (χ4v) is 2.42. The lowest BCUT2D eigenvalue weighted by atomic mass is 10.2. The van der Waals surface area contributed by atoms with Gasteiger partial charge in [0.2, 0.25) is 0 Å². The third-order valence-corrected chi connectivity index (χ3v) is 3.58. The minimum Gasteiger partial charge on any atom is -0.267 e. The van der Waals surface area contributed by atoms with E-state index in [1.54, 1.807) is 4.68 Å². The fourth-order valence-electron chi connectivity index (χ4n) is 1.96. The third-order valence-electron chi connectivity index (χ3n) is 2.89. The van der Waals surface area contributed by atoms with Crippen LogP contribution in [0.25, 0.3) is 10.9 Å². The van der Waals surface area contributed by atoms with Crippen LogP contribution < -0.4 is 0 Å². The molecule has 3 aromatic rings. The average Bonchev–Trinajstić information content (AvgIpc) is 2.77. The summed E-state index contributed by atoms with van der Waals surface area (Å²) in [7, 11) is 0. The molecule has 0 aliphatic heterocycles. The summed E-state index contributed by atoms with van der Waals surface area (Å²) in [6.45, 7) is 0.271. The van der Waals surface area contributed by atoms with E-state index in [9.17, 15) is 8.78 Å². The van der Waals surface area contributed by atoms with Crippen LogP contribution >= 0.6 is 15.9 Å². The normalized spacial score (nSPS) is 11.1. The van der Waals surface area contributed by atoms with Gasteiger partial charge in [-0.25, -0.2) is 8.78 Å². The Morgan fingerprint density at radius 3 is 2.74 bits per heavy atom. The Balaban J connectivity index is 1.99. The standard InChI is InChI=1S/C14H9BrF2N2/c15-12-2-1-3-14-11(12)8-19(18-14)7-9-4-5-10(16)6-13(9)17/h1-6,8H,7H2. The number of halogens is 3. The van der Waals surface area contributed by atoms with E-state index in [4.69, 9.17) is 0 Å². The highest BCUT2D eigenvalue weighted by Gasteiger charge is 2.07. The maximum atomic E-state index is 13.6. The van der Waals surface area contributed by atoms with E-state index < -0.39 is 11.6 Å². The van der Waals surface area contributed by atoms with Gasteiger partial charge in [-0.3, -0.25) is 4.68 Å². The molecule has 3 rings (SSSR count). The van der Waals surface area contributed by atoms with Crippen molar-refractivity contribution >= 4 is 26.8 Å². The molecule has 0 atom stereocenters. The molecule has 0 saturated heterocycles. The van der Waals surface area contributed by atoms with Crippen molar-refractivity contribution in [2.75, 3.05) is 0 Å². The van der Waals surface area contributed by atoms with Gasteiger partial charge in [-0.2, -0.15) is 5.10 Å². The van der Waals surface area contributed by atoms with Crippen molar-refractivity contribution in [1.82, 2.24) is 9.78 Å². The van der Waals surface area contributed by atoms with Crippen LogP contribution in [0, 0.1) is 11.6 Å². The molecule has 2 aromatic carbocycles. The van der Waals surface area contributed by atoms with Gasteiger partial charge < -0.3 is 0 Å². The van der Waals surface area contributed by atoms with Crippen LogP contribution in [0.1, 0.15) is 5.56 Å². The number of benzene rings is 2. The second-order valence-corrected chi connectivity index (χ2v) is 5.09. The first-order chi connectivity index (χ1) is 9.13.